The highest BCUT2D eigenvalue weighted by molar-refractivity contribution is 5.88. The van der Waals surface area contributed by atoms with Crippen molar-refractivity contribution in [2.45, 2.75) is 26.2 Å². The van der Waals surface area contributed by atoms with Gasteiger partial charge in [0.2, 0.25) is 11.8 Å². The van der Waals surface area contributed by atoms with Crippen LogP contribution in [0.15, 0.2) is 12.1 Å². The molecule has 0 bridgehead atoms. The van der Waals surface area contributed by atoms with E-state index in [0.717, 1.165) is 12.8 Å². The number of aromatic nitrogens is 1. The van der Waals surface area contributed by atoms with Crippen LogP contribution in [0.1, 0.15) is 26.2 Å². The van der Waals surface area contributed by atoms with E-state index < -0.39 is 5.97 Å². The van der Waals surface area contributed by atoms with Crippen molar-refractivity contribution in [3.05, 3.63) is 12.1 Å². The van der Waals surface area contributed by atoms with Gasteiger partial charge in [-0.2, -0.15) is 0 Å². The standard InChI is InChI=1S/C11H13NO4/c1-2-3-4-5-6-11(15)16-12-9(13)7-8-10(12)14/h7-8,13-14H,2-4H2,1H3. The van der Waals surface area contributed by atoms with Crippen LogP contribution in [0.5, 0.6) is 11.8 Å². The van der Waals surface area contributed by atoms with Crippen molar-refractivity contribution in [1.29, 1.82) is 0 Å². The predicted octanol–water partition coefficient (Wildman–Crippen LogP) is 1.05. The summed E-state index contributed by atoms with van der Waals surface area (Å²) in [7, 11) is 0. The van der Waals surface area contributed by atoms with Gasteiger partial charge in [0.15, 0.2) is 0 Å². The quantitative estimate of drug-likeness (QED) is 0.593. The monoisotopic (exact) mass is 223 g/mol. The summed E-state index contributed by atoms with van der Waals surface area (Å²) >= 11 is 0. The molecule has 0 saturated heterocycles. The lowest BCUT2D eigenvalue weighted by Gasteiger charge is -2.02. The number of unbranched alkanes of at least 4 members (excludes halogenated alkanes) is 2. The first-order valence-corrected chi connectivity index (χ1v) is 4.96. The lowest BCUT2D eigenvalue weighted by molar-refractivity contribution is -0.138. The van der Waals surface area contributed by atoms with Crippen LogP contribution in [-0.2, 0) is 4.79 Å². The predicted molar refractivity (Wildman–Crippen MR) is 56.6 cm³/mol. The largest absolute Gasteiger partial charge is 0.492 e. The fourth-order valence-electron chi connectivity index (χ4n) is 1.00. The molecule has 1 heterocycles. The molecule has 0 atom stereocenters. The normalized spacial score (nSPS) is 9.31. The Hall–Kier alpha value is -2.09. The molecule has 1 aromatic heterocycles. The zero-order valence-corrected chi connectivity index (χ0v) is 8.93. The minimum atomic E-state index is -0.821. The fraction of sp³-hybridized carbons (Fsp3) is 0.364. The van der Waals surface area contributed by atoms with Gasteiger partial charge in [-0.3, -0.25) is 0 Å². The number of hydrogen-bond acceptors (Lipinski definition) is 4. The highest BCUT2D eigenvalue weighted by Crippen LogP contribution is 2.18. The average molecular weight is 223 g/mol. The van der Waals surface area contributed by atoms with Gasteiger partial charge >= 0.3 is 5.97 Å². The number of rotatable bonds is 3. The van der Waals surface area contributed by atoms with Gasteiger partial charge in [-0.1, -0.05) is 19.3 Å². The van der Waals surface area contributed by atoms with Gasteiger partial charge in [0.1, 0.15) is 0 Å². The summed E-state index contributed by atoms with van der Waals surface area (Å²) in [6.45, 7) is 2.02. The van der Waals surface area contributed by atoms with Crippen LogP contribution >= 0.6 is 0 Å². The molecule has 0 unspecified atom stereocenters. The first-order chi connectivity index (χ1) is 7.65. The highest BCUT2D eigenvalue weighted by atomic mass is 16.7. The van der Waals surface area contributed by atoms with Gasteiger partial charge in [-0.15, -0.1) is 4.73 Å². The van der Waals surface area contributed by atoms with E-state index in [-0.39, 0.29) is 11.8 Å². The maximum Gasteiger partial charge on any atom is 0.409 e. The topological polar surface area (TPSA) is 71.7 Å². The maximum atomic E-state index is 11.1. The Kier molecular flexibility index (Phi) is 4.28. The van der Waals surface area contributed by atoms with Crippen LogP contribution in [0.4, 0.5) is 0 Å². The number of hydrogen-bond donors (Lipinski definition) is 2. The molecule has 0 spiro atoms. The van der Waals surface area contributed by atoms with Crippen molar-refractivity contribution >= 4 is 5.97 Å². The summed E-state index contributed by atoms with van der Waals surface area (Å²) in [6, 6.07) is 2.40. The summed E-state index contributed by atoms with van der Waals surface area (Å²) < 4.78 is 0.608. The summed E-state index contributed by atoms with van der Waals surface area (Å²) in [5.74, 6) is 3.35. The van der Waals surface area contributed by atoms with E-state index in [9.17, 15) is 4.79 Å². The van der Waals surface area contributed by atoms with Gasteiger partial charge in [-0.25, -0.2) is 4.79 Å². The van der Waals surface area contributed by atoms with Crippen molar-refractivity contribution < 1.29 is 19.8 Å². The molecule has 0 aliphatic heterocycles. The molecule has 5 nitrogen and oxygen atoms in total. The Morgan fingerprint density at radius 3 is 2.62 bits per heavy atom. The van der Waals surface area contributed by atoms with Crippen LogP contribution in [0.2, 0.25) is 0 Å². The molecule has 16 heavy (non-hydrogen) atoms. The lowest BCUT2D eigenvalue weighted by atomic mass is 10.2. The summed E-state index contributed by atoms with van der Waals surface area (Å²) in [5, 5.41) is 18.3. The minimum absolute atomic E-state index is 0.360. The van der Waals surface area contributed by atoms with E-state index in [4.69, 9.17) is 10.2 Å². The Labute approximate surface area is 93.2 Å². The SMILES string of the molecule is CCCCC#CC(=O)On1c(O)ccc1O. The molecular weight excluding hydrogens is 210 g/mol. The van der Waals surface area contributed by atoms with Gasteiger partial charge < -0.3 is 15.1 Å². The number of nitrogens with zero attached hydrogens (tertiary/aromatic N) is 1. The molecule has 0 aliphatic carbocycles. The van der Waals surface area contributed by atoms with Crippen LogP contribution in [-0.4, -0.2) is 20.9 Å². The van der Waals surface area contributed by atoms with Gasteiger partial charge in [0, 0.05) is 24.5 Å². The van der Waals surface area contributed by atoms with Gasteiger partial charge in [0.05, 0.1) is 0 Å². The smallest absolute Gasteiger partial charge is 0.409 e. The summed E-state index contributed by atoms with van der Waals surface area (Å²) in [5.41, 5.74) is 0. The van der Waals surface area contributed by atoms with Crippen molar-refractivity contribution in [2.75, 3.05) is 0 Å². The van der Waals surface area contributed by atoms with Crippen molar-refractivity contribution in [2.24, 2.45) is 0 Å². The second-order valence-electron chi connectivity index (χ2n) is 3.13. The van der Waals surface area contributed by atoms with E-state index >= 15 is 0 Å². The van der Waals surface area contributed by atoms with Crippen LogP contribution < -0.4 is 4.84 Å². The van der Waals surface area contributed by atoms with Gasteiger partial charge in [0.25, 0.3) is 0 Å². The molecule has 5 heteroatoms. The third-order valence-corrected chi connectivity index (χ3v) is 1.82. The van der Waals surface area contributed by atoms with Crippen LogP contribution in [0, 0.1) is 11.8 Å². The lowest BCUT2D eigenvalue weighted by Crippen LogP contribution is -2.16. The van der Waals surface area contributed by atoms with Crippen LogP contribution in [0.25, 0.3) is 0 Å². The second kappa shape index (κ2) is 5.71. The molecule has 0 aromatic carbocycles. The van der Waals surface area contributed by atoms with E-state index in [2.05, 4.69) is 16.7 Å². The van der Waals surface area contributed by atoms with Crippen molar-refractivity contribution in [3.8, 4) is 23.6 Å². The van der Waals surface area contributed by atoms with Crippen molar-refractivity contribution in [3.63, 3.8) is 0 Å². The zero-order valence-electron chi connectivity index (χ0n) is 8.93. The Morgan fingerprint density at radius 2 is 2.06 bits per heavy atom. The first kappa shape index (κ1) is 12.0. The summed E-state index contributed by atoms with van der Waals surface area (Å²) in [6.07, 6.45) is 2.54. The third kappa shape index (κ3) is 3.24. The molecule has 0 radical (unpaired) electrons. The molecule has 0 amide bonds. The maximum absolute atomic E-state index is 11.1. The average Bonchev–Trinajstić information content (AvgIpc) is 2.56. The molecule has 1 aromatic rings. The molecular formula is C11H13NO4. The van der Waals surface area contributed by atoms with Crippen molar-refractivity contribution in [1.82, 2.24) is 4.73 Å². The van der Waals surface area contributed by atoms with E-state index in [0.29, 0.717) is 11.2 Å². The fourth-order valence-corrected chi connectivity index (χ4v) is 1.00. The Bertz CT molecular complexity index is 405. The van der Waals surface area contributed by atoms with E-state index in [1.807, 2.05) is 6.92 Å². The number of carbonyl (C=O) groups is 1. The molecule has 0 saturated carbocycles. The molecule has 0 aliphatic rings. The highest BCUT2D eigenvalue weighted by Gasteiger charge is 2.09. The minimum Gasteiger partial charge on any atom is -0.492 e. The van der Waals surface area contributed by atoms with Crippen LogP contribution in [0.3, 0.4) is 0 Å². The first-order valence-electron chi connectivity index (χ1n) is 4.96. The molecule has 86 valence electrons. The Balaban J connectivity index is 2.54. The third-order valence-electron chi connectivity index (χ3n) is 1.82. The number of aromatic hydroxyl groups is 2. The number of carbonyl (C=O) groups excluding carboxylic acids is 1. The van der Waals surface area contributed by atoms with E-state index in [1.54, 1.807) is 0 Å². The molecule has 1 rings (SSSR count). The molecule has 2 N–H and O–H groups in total. The summed E-state index contributed by atoms with van der Waals surface area (Å²) in [4.78, 5) is 15.7. The van der Waals surface area contributed by atoms with Gasteiger partial charge in [-0.05, 0) is 6.42 Å². The second-order valence-corrected chi connectivity index (χ2v) is 3.13. The molecule has 0 fully saturated rings. The van der Waals surface area contributed by atoms with E-state index in [1.165, 1.54) is 12.1 Å². The zero-order chi connectivity index (χ0) is 12.0. The Morgan fingerprint density at radius 1 is 1.44 bits per heavy atom.